The molecule has 0 bridgehead atoms. The summed E-state index contributed by atoms with van der Waals surface area (Å²) in [5.41, 5.74) is 0.734. The second-order valence-corrected chi connectivity index (χ2v) is 7.66. The van der Waals surface area contributed by atoms with Gasteiger partial charge in [-0.05, 0) is 25.5 Å². The first kappa shape index (κ1) is 16.8. The molecule has 2 aliphatic rings. The van der Waals surface area contributed by atoms with E-state index in [-0.39, 0.29) is 23.3 Å². The molecule has 2 aliphatic heterocycles. The van der Waals surface area contributed by atoms with E-state index in [2.05, 4.69) is 0 Å². The molecular weight excluding hydrogens is 328 g/mol. The van der Waals surface area contributed by atoms with E-state index in [0.717, 1.165) is 12.1 Å². The highest BCUT2D eigenvalue weighted by molar-refractivity contribution is 8.01. The summed E-state index contributed by atoms with van der Waals surface area (Å²) >= 11 is 1.60. The van der Waals surface area contributed by atoms with Crippen LogP contribution >= 0.6 is 11.8 Å². The molecule has 3 rings (SSSR count). The van der Waals surface area contributed by atoms with Crippen LogP contribution in [-0.4, -0.2) is 53.0 Å². The number of hydrogen-bond acceptors (Lipinski definition) is 5. The second-order valence-electron chi connectivity index (χ2n) is 6.16. The van der Waals surface area contributed by atoms with Crippen molar-refractivity contribution < 1.29 is 19.1 Å². The summed E-state index contributed by atoms with van der Waals surface area (Å²) in [5.74, 6) is -0.312. The Morgan fingerprint density at radius 1 is 1.38 bits per heavy atom. The number of rotatable bonds is 4. The third kappa shape index (κ3) is 3.00. The molecule has 6 nitrogen and oxygen atoms in total. The van der Waals surface area contributed by atoms with E-state index < -0.39 is 12.0 Å². The molecule has 2 heterocycles. The average molecular weight is 348 g/mol. The summed E-state index contributed by atoms with van der Waals surface area (Å²) in [5, 5.41) is 0. The number of nitrogens with zero attached hydrogens (tertiary/aromatic N) is 2. The van der Waals surface area contributed by atoms with E-state index >= 15 is 0 Å². The van der Waals surface area contributed by atoms with Crippen LogP contribution < -0.4 is 4.90 Å². The Labute approximate surface area is 145 Å². The number of hydrogen-bond donors (Lipinski definition) is 0. The largest absolute Gasteiger partial charge is 0.454 e. The number of thioether (sulfide) groups is 1. The summed E-state index contributed by atoms with van der Waals surface area (Å²) in [6, 6.07) is 8.55. The molecule has 1 aromatic rings. The zero-order chi connectivity index (χ0) is 17.3. The van der Waals surface area contributed by atoms with Gasteiger partial charge < -0.3 is 14.5 Å². The standard InChI is InChI=1S/C17H20N2O4S/c1-17-9-8-14(20)19(17)13(11-24-17)16(22)23-10-15(21)18(2)12-6-4-3-5-7-12/h3-7,13H,8-11H2,1-2H3/t13-,17+/m1/s1. The number of carbonyl (C=O) groups is 3. The van der Waals surface area contributed by atoms with Crippen molar-refractivity contribution in [1.82, 2.24) is 4.90 Å². The Kier molecular flexibility index (Phi) is 4.54. The number of anilines is 1. The molecular formula is C17H20N2O4S. The molecule has 0 unspecified atom stereocenters. The van der Waals surface area contributed by atoms with Crippen LogP contribution in [0.1, 0.15) is 19.8 Å². The first-order valence-corrected chi connectivity index (χ1v) is 8.85. The van der Waals surface area contributed by atoms with Gasteiger partial charge in [-0.3, -0.25) is 9.59 Å². The fourth-order valence-corrected chi connectivity index (χ4v) is 4.53. The average Bonchev–Trinajstić information content (AvgIpc) is 3.09. The lowest BCUT2D eigenvalue weighted by molar-refractivity contribution is -0.155. The van der Waals surface area contributed by atoms with Gasteiger partial charge in [0.15, 0.2) is 6.61 Å². The van der Waals surface area contributed by atoms with Crippen LogP contribution in [0, 0.1) is 0 Å². The van der Waals surface area contributed by atoms with Crippen molar-refractivity contribution in [2.45, 2.75) is 30.7 Å². The predicted octanol–water partition coefficient (Wildman–Crippen LogP) is 1.65. The predicted molar refractivity (Wildman–Crippen MR) is 91.5 cm³/mol. The summed E-state index contributed by atoms with van der Waals surface area (Å²) in [7, 11) is 1.64. The van der Waals surface area contributed by atoms with Gasteiger partial charge >= 0.3 is 5.97 Å². The monoisotopic (exact) mass is 348 g/mol. The zero-order valence-electron chi connectivity index (χ0n) is 13.7. The van der Waals surface area contributed by atoms with E-state index in [1.807, 2.05) is 37.3 Å². The van der Waals surface area contributed by atoms with Crippen LogP contribution in [0.3, 0.4) is 0 Å². The molecule has 0 N–H and O–H groups in total. The molecule has 24 heavy (non-hydrogen) atoms. The van der Waals surface area contributed by atoms with Gasteiger partial charge in [0.05, 0.1) is 4.87 Å². The fourth-order valence-electron chi connectivity index (χ4n) is 3.12. The summed E-state index contributed by atoms with van der Waals surface area (Å²) < 4.78 is 5.19. The van der Waals surface area contributed by atoms with E-state index in [0.29, 0.717) is 12.2 Å². The maximum absolute atomic E-state index is 12.3. The molecule has 7 heteroatoms. The van der Waals surface area contributed by atoms with Gasteiger partial charge in [0.2, 0.25) is 5.91 Å². The Morgan fingerprint density at radius 3 is 2.79 bits per heavy atom. The van der Waals surface area contributed by atoms with Crippen LogP contribution in [0.25, 0.3) is 0 Å². The van der Waals surface area contributed by atoms with Crippen LogP contribution in [0.4, 0.5) is 5.69 Å². The highest BCUT2D eigenvalue weighted by atomic mass is 32.2. The second kappa shape index (κ2) is 6.47. The lowest BCUT2D eigenvalue weighted by Crippen LogP contribution is -2.47. The molecule has 0 radical (unpaired) electrons. The number of benzene rings is 1. The first-order chi connectivity index (χ1) is 11.4. The number of esters is 1. The first-order valence-electron chi connectivity index (χ1n) is 7.87. The molecule has 2 atom stereocenters. The van der Waals surface area contributed by atoms with Gasteiger partial charge in [0, 0.05) is 24.9 Å². The zero-order valence-corrected chi connectivity index (χ0v) is 14.5. The van der Waals surface area contributed by atoms with Gasteiger partial charge in [-0.2, -0.15) is 0 Å². The highest BCUT2D eigenvalue weighted by Crippen LogP contribution is 2.47. The SMILES string of the molecule is CN(C(=O)COC(=O)[C@H]1CS[C@@]2(C)CCC(=O)N12)c1ccccc1. The number of carbonyl (C=O) groups excluding carboxylic acids is 3. The number of fused-ring (bicyclic) bond motifs is 1. The Bertz CT molecular complexity index is 666. The van der Waals surface area contributed by atoms with Crippen molar-refractivity contribution in [3.63, 3.8) is 0 Å². The smallest absolute Gasteiger partial charge is 0.330 e. The molecule has 2 amide bonds. The van der Waals surface area contributed by atoms with Crippen LogP contribution in [0.5, 0.6) is 0 Å². The molecule has 1 aromatic carbocycles. The van der Waals surface area contributed by atoms with Gasteiger partial charge in [0.1, 0.15) is 6.04 Å². The van der Waals surface area contributed by atoms with E-state index in [1.165, 1.54) is 4.90 Å². The Hall–Kier alpha value is -2.02. The quantitative estimate of drug-likeness (QED) is 0.774. The highest BCUT2D eigenvalue weighted by Gasteiger charge is 2.53. The minimum atomic E-state index is -0.593. The Balaban J connectivity index is 1.58. The van der Waals surface area contributed by atoms with Crippen LogP contribution in [0.15, 0.2) is 30.3 Å². The third-order valence-electron chi connectivity index (χ3n) is 4.57. The minimum Gasteiger partial charge on any atom is -0.454 e. The van der Waals surface area contributed by atoms with Crippen molar-refractivity contribution in [3.8, 4) is 0 Å². The Morgan fingerprint density at radius 2 is 2.08 bits per heavy atom. The molecule has 128 valence electrons. The molecule has 0 aromatic heterocycles. The lowest BCUT2D eigenvalue weighted by Gasteiger charge is -2.29. The fraction of sp³-hybridized carbons (Fsp3) is 0.471. The van der Waals surface area contributed by atoms with Crippen molar-refractivity contribution in [1.29, 1.82) is 0 Å². The van der Waals surface area contributed by atoms with Crippen molar-refractivity contribution >= 4 is 35.2 Å². The molecule has 2 saturated heterocycles. The van der Waals surface area contributed by atoms with Gasteiger partial charge in [-0.25, -0.2) is 4.79 Å². The van der Waals surface area contributed by atoms with Crippen LogP contribution in [0.2, 0.25) is 0 Å². The van der Waals surface area contributed by atoms with Crippen molar-refractivity contribution in [2.75, 3.05) is 24.3 Å². The van der Waals surface area contributed by atoms with E-state index in [4.69, 9.17) is 4.74 Å². The lowest BCUT2D eigenvalue weighted by atomic mass is 10.2. The maximum Gasteiger partial charge on any atom is 0.330 e. The van der Waals surface area contributed by atoms with E-state index in [9.17, 15) is 14.4 Å². The third-order valence-corrected chi connectivity index (χ3v) is 6.08. The van der Waals surface area contributed by atoms with Gasteiger partial charge in [-0.15, -0.1) is 11.8 Å². The number of amides is 2. The van der Waals surface area contributed by atoms with Crippen LogP contribution in [-0.2, 0) is 19.1 Å². The topological polar surface area (TPSA) is 66.9 Å². The maximum atomic E-state index is 12.3. The summed E-state index contributed by atoms with van der Waals surface area (Å²) in [6.07, 6.45) is 1.21. The molecule has 0 saturated carbocycles. The van der Waals surface area contributed by atoms with Crippen molar-refractivity contribution in [2.24, 2.45) is 0 Å². The van der Waals surface area contributed by atoms with Gasteiger partial charge in [0.25, 0.3) is 5.91 Å². The normalized spacial score (nSPS) is 25.5. The number of likely N-dealkylation sites (N-methyl/N-ethyl adjacent to an activating group) is 1. The number of para-hydroxylation sites is 1. The number of ether oxygens (including phenoxy) is 1. The molecule has 0 aliphatic carbocycles. The van der Waals surface area contributed by atoms with E-state index in [1.54, 1.807) is 23.7 Å². The molecule has 0 spiro atoms. The van der Waals surface area contributed by atoms with Gasteiger partial charge in [-0.1, -0.05) is 18.2 Å². The minimum absolute atomic E-state index is 0.0165. The summed E-state index contributed by atoms with van der Waals surface area (Å²) in [4.78, 5) is 39.3. The van der Waals surface area contributed by atoms with Crippen molar-refractivity contribution in [3.05, 3.63) is 30.3 Å². The molecule has 2 fully saturated rings. The summed E-state index contributed by atoms with van der Waals surface area (Å²) in [6.45, 7) is 1.65.